The van der Waals surface area contributed by atoms with E-state index in [1.54, 1.807) is 12.1 Å². The molecule has 0 radical (unpaired) electrons. The Morgan fingerprint density at radius 2 is 2.12 bits per heavy atom. The third-order valence-corrected chi connectivity index (χ3v) is 3.63. The summed E-state index contributed by atoms with van der Waals surface area (Å²) < 4.78 is 0. The molecule has 3 heteroatoms. The molecule has 0 amide bonds. The van der Waals surface area contributed by atoms with Gasteiger partial charge >= 0.3 is 5.97 Å². The van der Waals surface area contributed by atoms with E-state index in [2.05, 4.69) is 4.90 Å². The third-order valence-electron chi connectivity index (χ3n) is 3.63. The van der Waals surface area contributed by atoms with Crippen molar-refractivity contribution in [2.45, 2.75) is 13.0 Å². The van der Waals surface area contributed by atoms with Crippen LogP contribution in [-0.4, -0.2) is 29.1 Å². The van der Waals surface area contributed by atoms with Gasteiger partial charge in [0.2, 0.25) is 0 Å². The first-order valence-corrected chi connectivity index (χ1v) is 5.77. The fraction of sp³-hybridized carbons (Fsp3) is 0.462. The largest absolute Gasteiger partial charge is 0.478 e. The molecule has 1 heterocycles. The molecule has 2 fully saturated rings. The lowest BCUT2D eigenvalue weighted by molar-refractivity contribution is 0.0696. The average molecular weight is 217 g/mol. The number of nitrogens with zero attached hydrogens (tertiary/aromatic N) is 1. The predicted octanol–water partition coefficient (Wildman–Crippen LogP) is 1.84. The van der Waals surface area contributed by atoms with Gasteiger partial charge in [0.05, 0.1) is 5.56 Å². The van der Waals surface area contributed by atoms with Gasteiger partial charge < -0.3 is 5.11 Å². The van der Waals surface area contributed by atoms with Gasteiger partial charge in [-0.2, -0.15) is 0 Å². The number of hydrogen-bond donors (Lipinski definition) is 1. The molecule has 3 nitrogen and oxygen atoms in total. The van der Waals surface area contributed by atoms with Crippen LogP contribution in [0.5, 0.6) is 0 Å². The highest BCUT2D eigenvalue weighted by Gasteiger charge is 2.44. The molecule has 1 aromatic carbocycles. The molecule has 1 aromatic rings. The Morgan fingerprint density at radius 3 is 2.81 bits per heavy atom. The zero-order valence-corrected chi connectivity index (χ0v) is 9.10. The summed E-state index contributed by atoms with van der Waals surface area (Å²) in [6, 6.07) is 7.27. The summed E-state index contributed by atoms with van der Waals surface area (Å²) in [5.41, 5.74) is 1.50. The van der Waals surface area contributed by atoms with E-state index in [1.165, 1.54) is 19.5 Å². The SMILES string of the molecule is O=C(O)c1cccc(CN2CC3CC3C2)c1. The zero-order valence-electron chi connectivity index (χ0n) is 9.10. The van der Waals surface area contributed by atoms with Crippen molar-refractivity contribution in [3.05, 3.63) is 35.4 Å². The lowest BCUT2D eigenvalue weighted by atomic mass is 10.1. The van der Waals surface area contributed by atoms with E-state index in [1.807, 2.05) is 12.1 Å². The van der Waals surface area contributed by atoms with Gasteiger partial charge in [-0.15, -0.1) is 0 Å². The van der Waals surface area contributed by atoms with Gasteiger partial charge in [-0.1, -0.05) is 12.1 Å². The molecule has 1 aliphatic carbocycles. The van der Waals surface area contributed by atoms with E-state index < -0.39 is 5.97 Å². The number of rotatable bonds is 3. The van der Waals surface area contributed by atoms with Crippen molar-refractivity contribution in [1.29, 1.82) is 0 Å². The van der Waals surface area contributed by atoms with Crippen molar-refractivity contribution in [3.8, 4) is 0 Å². The van der Waals surface area contributed by atoms with Gasteiger partial charge in [0, 0.05) is 19.6 Å². The normalized spacial score (nSPS) is 27.8. The Bertz CT molecular complexity index is 420. The Labute approximate surface area is 94.7 Å². The molecule has 1 aliphatic heterocycles. The highest BCUT2D eigenvalue weighted by Crippen LogP contribution is 2.45. The highest BCUT2D eigenvalue weighted by atomic mass is 16.4. The average Bonchev–Trinajstić information content (AvgIpc) is 2.87. The molecule has 16 heavy (non-hydrogen) atoms. The lowest BCUT2D eigenvalue weighted by Crippen LogP contribution is -2.22. The summed E-state index contributed by atoms with van der Waals surface area (Å²) in [4.78, 5) is 13.3. The first-order valence-electron chi connectivity index (χ1n) is 5.77. The monoisotopic (exact) mass is 217 g/mol. The number of piperidine rings is 1. The first-order chi connectivity index (χ1) is 7.72. The Kier molecular flexibility index (Phi) is 2.21. The number of aromatic carboxylic acids is 1. The van der Waals surface area contributed by atoms with Gasteiger partial charge in [-0.05, 0) is 36.0 Å². The number of carboxylic acid groups (broad SMARTS) is 1. The minimum Gasteiger partial charge on any atom is -0.478 e. The molecule has 2 unspecified atom stereocenters. The van der Waals surface area contributed by atoms with Crippen LogP contribution in [0, 0.1) is 11.8 Å². The smallest absolute Gasteiger partial charge is 0.335 e. The van der Waals surface area contributed by atoms with Crippen LogP contribution in [0.25, 0.3) is 0 Å². The summed E-state index contributed by atoms with van der Waals surface area (Å²) in [5.74, 6) is 1.02. The van der Waals surface area contributed by atoms with Crippen LogP contribution < -0.4 is 0 Å². The molecule has 1 saturated heterocycles. The summed E-state index contributed by atoms with van der Waals surface area (Å²) in [5, 5.41) is 8.91. The van der Waals surface area contributed by atoms with Gasteiger partial charge in [-0.25, -0.2) is 4.79 Å². The second kappa shape index (κ2) is 3.59. The summed E-state index contributed by atoms with van der Waals surface area (Å²) >= 11 is 0. The van der Waals surface area contributed by atoms with Crippen molar-refractivity contribution in [2.24, 2.45) is 11.8 Å². The quantitative estimate of drug-likeness (QED) is 0.839. The predicted molar refractivity (Wildman–Crippen MR) is 60.3 cm³/mol. The summed E-state index contributed by atoms with van der Waals surface area (Å²) in [7, 11) is 0. The van der Waals surface area contributed by atoms with E-state index in [0.29, 0.717) is 5.56 Å². The molecule has 0 spiro atoms. The van der Waals surface area contributed by atoms with Gasteiger partial charge in [0.25, 0.3) is 0 Å². The van der Waals surface area contributed by atoms with Crippen LogP contribution in [-0.2, 0) is 6.54 Å². The molecule has 2 atom stereocenters. The van der Waals surface area contributed by atoms with Crippen molar-refractivity contribution >= 4 is 5.97 Å². The van der Waals surface area contributed by atoms with Gasteiger partial charge in [0.15, 0.2) is 0 Å². The number of fused-ring (bicyclic) bond motifs is 1. The highest BCUT2D eigenvalue weighted by molar-refractivity contribution is 5.87. The standard InChI is InChI=1S/C13H15NO2/c15-13(16)10-3-1-2-9(4-10)6-14-7-11-5-12(11)8-14/h1-4,11-12H,5-8H2,(H,15,16). The summed E-state index contributed by atoms with van der Waals surface area (Å²) in [6.07, 6.45) is 1.41. The van der Waals surface area contributed by atoms with Crippen LogP contribution in [0.1, 0.15) is 22.3 Å². The topological polar surface area (TPSA) is 40.5 Å². The Morgan fingerprint density at radius 1 is 1.38 bits per heavy atom. The van der Waals surface area contributed by atoms with Crippen LogP contribution in [0.4, 0.5) is 0 Å². The number of likely N-dealkylation sites (tertiary alicyclic amines) is 1. The maximum Gasteiger partial charge on any atom is 0.335 e. The molecule has 1 saturated carbocycles. The van der Waals surface area contributed by atoms with Crippen molar-refractivity contribution < 1.29 is 9.90 Å². The summed E-state index contributed by atoms with van der Waals surface area (Å²) in [6.45, 7) is 3.29. The van der Waals surface area contributed by atoms with E-state index >= 15 is 0 Å². The Hall–Kier alpha value is -1.35. The molecular weight excluding hydrogens is 202 g/mol. The van der Waals surface area contributed by atoms with Gasteiger partial charge in [0.1, 0.15) is 0 Å². The Balaban J connectivity index is 1.69. The number of hydrogen-bond acceptors (Lipinski definition) is 2. The second-order valence-corrected chi connectivity index (χ2v) is 4.96. The molecule has 3 rings (SSSR count). The second-order valence-electron chi connectivity index (χ2n) is 4.96. The van der Waals surface area contributed by atoms with Gasteiger partial charge in [-0.3, -0.25) is 4.90 Å². The van der Waals surface area contributed by atoms with Crippen LogP contribution >= 0.6 is 0 Å². The lowest BCUT2D eigenvalue weighted by Gasteiger charge is -2.17. The fourth-order valence-electron chi connectivity index (χ4n) is 2.69. The third kappa shape index (κ3) is 1.83. The minimum absolute atomic E-state index is 0.391. The molecule has 1 N–H and O–H groups in total. The van der Waals surface area contributed by atoms with E-state index in [4.69, 9.17) is 5.11 Å². The number of benzene rings is 1. The van der Waals surface area contributed by atoms with Crippen molar-refractivity contribution in [3.63, 3.8) is 0 Å². The molecule has 0 aromatic heterocycles. The number of carboxylic acids is 1. The van der Waals surface area contributed by atoms with E-state index in [-0.39, 0.29) is 0 Å². The van der Waals surface area contributed by atoms with E-state index in [9.17, 15) is 4.79 Å². The maximum atomic E-state index is 10.8. The fourth-order valence-corrected chi connectivity index (χ4v) is 2.69. The molecule has 0 bridgehead atoms. The maximum absolute atomic E-state index is 10.8. The molecule has 84 valence electrons. The van der Waals surface area contributed by atoms with Crippen LogP contribution in [0.3, 0.4) is 0 Å². The first kappa shape index (κ1) is 9.85. The van der Waals surface area contributed by atoms with Crippen LogP contribution in [0.2, 0.25) is 0 Å². The zero-order chi connectivity index (χ0) is 11.1. The minimum atomic E-state index is -0.842. The molecular formula is C13H15NO2. The van der Waals surface area contributed by atoms with Crippen molar-refractivity contribution in [1.82, 2.24) is 4.90 Å². The molecule has 2 aliphatic rings. The van der Waals surface area contributed by atoms with Crippen LogP contribution in [0.15, 0.2) is 24.3 Å². The number of carbonyl (C=O) groups is 1. The van der Waals surface area contributed by atoms with E-state index in [0.717, 1.165) is 23.9 Å². The van der Waals surface area contributed by atoms with Crippen molar-refractivity contribution in [2.75, 3.05) is 13.1 Å².